The molecule has 5 nitrogen and oxygen atoms in total. The fourth-order valence-electron chi connectivity index (χ4n) is 4.48. The van der Waals surface area contributed by atoms with Crippen LogP contribution in [0.1, 0.15) is 70.0 Å². The van der Waals surface area contributed by atoms with Crippen molar-refractivity contribution in [2.45, 2.75) is 65.8 Å². The summed E-state index contributed by atoms with van der Waals surface area (Å²) in [6.07, 6.45) is 7.76. The topological polar surface area (TPSA) is 45.1 Å². The summed E-state index contributed by atoms with van der Waals surface area (Å²) in [5.41, 5.74) is 4.59. The monoisotopic (exact) mass is 475 g/mol. The Morgan fingerprint density at radius 2 is 1.60 bits per heavy atom. The summed E-state index contributed by atoms with van der Waals surface area (Å²) < 4.78 is 0. The molecular formula is C30H41N3O2. The first-order chi connectivity index (χ1) is 17.1. The van der Waals surface area contributed by atoms with Crippen molar-refractivity contribution in [3.63, 3.8) is 0 Å². The number of nitrogens with zero attached hydrogens (tertiary/aromatic N) is 3. The normalized spacial score (nSPS) is 17.2. The van der Waals surface area contributed by atoms with Gasteiger partial charge in [0.25, 0.3) is 5.91 Å². The molecule has 1 fully saturated rings. The molecule has 0 radical (unpaired) electrons. The maximum Gasteiger partial charge on any atom is 0.257 e. The molecule has 188 valence electrons. The zero-order valence-corrected chi connectivity index (χ0v) is 21.9. The van der Waals surface area contributed by atoms with E-state index in [0.717, 1.165) is 48.4 Å². The van der Waals surface area contributed by atoms with Gasteiger partial charge in [0, 0.05) is 17.8 Å². The number of para-hydroxylation sites is 1. The number of carbonyl (C=O) groups is 1. The van der Waals surface area contributed by atoms with Crippen LogP contribution < -0.4 is 4.90 Å². The number of hydrogen-bond donors (Lipinski definition) is 0. The fraction of sp³-hybridized carbons (Fsp3) is 0.467. The Morgan fingerprint density at radius 1 is 0.971 bits per heavy atom. The highest BCUT2D eigenvalue weighted by atomic mass is 16.6. The molecule has 1 aliphatic rings. The van der Waals surface area contributed by atoms with Gasteiger partial charge in [0.2, 0.25) is 0 Å². The van der Waals surface area contributed by atoms with Crippen LogP contribution in [-0.4, -0.2) is 42.8 Å². The average molecular weight is 476 g/mol. The van der Waals surface area contributed by atoms with Gasteiger partial charge in [0.15, 0.2) is 0 Å². The molecule has 1 atom stereocenters. The number of aryl methyl sites for hydroxylation is 1. The molecule has 1 amide bonds. The van der Waals surface area contributed by atoms with Crippen molar-refractivity contribution < 1.29 is 9.63 Å². The van der Waals surface area contributed by atoms with Gasteiger partial charge in [-0.1, -0.05) is 80.4 Å². The number of oxime groups is 1. The molecule has 1 unspecified atom stereocenters. The summed E-state index contributed by atoms with van der Waals surface area (Å²) in [5.74, 6) is 0.0187. The number of rotatable bonds is 14. The SMILES string of the molecule is CCCCN(CCCC)CCCON=C(C)C=C1C(=O)N(c2ccccc2C)C1c1ccccc1. The standard InChI is InChI=1S/C30H41N3O2/c1-5-7-19-32(20-8-6-2)21-14-22-35-31-25(4)23-27-29(26-16-10-9-11-17-26)33(30(27)34)28-18-13-12-15-24(28)3/h9-13,15-18,23,29H,5-8,14,19-22H2,1-4H3. The third-order valence-electron chi connectivity index (χ3n) is 6.45. The molecule has 1 saturated heterocycles. The van der Waals surface area contributed by atoms with Crippen LogP contribution >= 0.6 is 0 Å². The van der Waals surface area contributed by atoms with E-state index >= 15 is 0 Å². The molecule has 0 aliphatic carbocycles. The van der Waals surface area contributed by atoms with Gasteiger partial charge in [-0.2, -0.15) is 0 Å². The minimum atomic E-state index is -0.124. The van der Waals surface area contributed by atoms with Gasteiger partial charge in [0.05, 0.1) is 11.8 Å². The molecule has 1 heterocycles. The Morgan fingerprint density at radius 3 is 2.26 bits per heavy atom. The fourth-order valence-corrected chi connectivity index (χ4v) is 4.48. The van der Waals surface area contributed by atoms with E-state index in [-0.39, 0.29) is 11.9 Å². The maximum atomic E-state index is 13.2. The smallest absolute Gasteiger partial charge is 0.257 e. The van der Waals surface area contributed by atoms with Crippen LogP contribution in [0.4, 0.5) is 5.69 Å². The lowest BCUT2D eigenvalue weighted by atomic mass is 9.86. The molecule has 35 heavy (non-hydrogen) atoms. The Kier molecular flexibility index (Phi) is 10.5. The zero-order valence-electron chi connectivity index (χ0n) is 21.9. The molecule has 0 bridgehead atoms. The van der Waals surface area contributed by atoms with Gasteiger partial charge < -0.3 is 9.74 Å². The number of unbranched alkanes of at least 4 members (excludes halogenated alkanes) is 2. The zero-order chi connectivity index (χ0) is 25.0. The van der Waals surface area contributed by atoms with Crippen molar-refractivity contribution in [1.82, 2.24) is 4.90 Å². The minimum Gasteiger partial charge on any atom is -0.396 e. The van der Waals surface area contributed by atoms with Gasteiger partial charge in [-0.25, -0.2) is 0 Å². The Hall–Kier alpha value is -2.92. The van der Waals surface area contributed by atoms with E-state index in [1.54, 1.807) is 0 Å². The molecule has 0 saturated carbocycles. The van der Waals surface area contributed by atoms with Crippen molar-refractivity contribution in [3.8, 4) is 0 Å². The highest BCUT2D eigenvalue weighted by molar-refractivity contribution is 6.18. The van der Waals surface area contributed by atoms with Crippen LogP contribution in [0.5, 0.6) is 0 Å². The van der Waals surface area contributed by atoms with E-state index in [1.807, 2.05) is 67.3 Å². The molecule has 0 aromatic heterocycles. The highest BCUT2D eigenvalue weighted by Crippen LogP contribution is 2.44. The molecule has 2 aromatic rings. The highest BCUT2D eigenvalue weighted by Gasteiger charge is 2.44. The molecule has 0 spiro atoms. The first-order valence-electron chi connectivity index (χ1n) is 13.1. The van der Waals surface area contributed by atoms with Crippen molar-refractivity contribution in [3.05, 3.63) is 77.4 Å². The Labute approximate surface area is 211 Å². The third kappa shape index (κ3) is 7.28. The van der Waals surface area contributed by atoms with E-state index < -0.39 is 0 Å². The molecular weight excluding hydrogens is 434 g/mol. The summed E-state index contributed by atoms with van der Waals surface area (Å²) in [7, 11) is 0. The van der Waals surface area contributed by atoms with Gasteiger partial charge >= 0.3 is 0 Å². The number of amides is 1. The minimum absolute atomic E-state index is 0.0187. The Bertz CT molecular complexity index is 992. The lowest BCUT2D eigenvalue weighted by molar-refractivity contribution is -0.119. The Balaban J connectivity index is 1.63. The number of carbonyl (C=O) groups excluding carboxylic acids is 1. The van der Waals surface area contributed by atoms with Crippen molar-refractivity contribution >= 4 is 17.3 Å². The maximum absolute atomic E-state index is 13.2. The van der Waals surface area contributed by atoms with Crippen LogP contribution in [0.25, 0.3) is 0 Å². The third-order valence-corrected chi connectivity index (χ3v) is 6.45. The van der Waals surface area contributed by atoms with Crippen LogP contribution in [0.3, 0.4) is 0 Å². The van der Waals surface area contributed by atoms with Crippen LogP contribution in [-0.2, 0) is 9.63 Å². The molecule has 5 heteroatoms. The van der Waals surface area contributed by atoms with E-state index in [0.29, 0.717) is 12.3 Å². The second kappa shape index (κ2) is 13.8. The van der Waals surface area contributed by atoms with E-state index in [2.05, 4.69) is 36.0 Å². The van der Waals surface area contributed by atoms with Crippen molar-refractivity contribution in [1.29, 1.82) is 0 Å². The predicted octanol–water partition coefficient (Wildman–Crippen LogP) is 6.69. The van der Waals surface area contributed by atoms with Crippen LogP contribution in [0.15, 0.2) is 71.4 Å². The van der Waals surface area contributed by atoms with Crippen molar-refractivity contribution in [2.75, 3.05) is 31.1 Å². The van der Waals surface area contributed by atoms with Gasteiger partial charge in [-0.05, 0) is 69.5 Å². The second-order valence-corrected chi connectivity index (χ2v) is 9.34. The molecule has 0 N–H and O–H groups in total. The number of hydrogen-bond acceptors (Lipinski definition) is 4. The number of anilines is 1. The lowest BCUT2D eigenvalue weighted by Gasteiger charge is -2.43. The largest absolute Gasteiger partial charge is 0.396 e. The predicted molar refractivity (Wildman–Crippen MR) is 146 cm³/mol. The van der Waals surface area contributed by atoms with E-state index in [4.69, 9.17) is 4.84 Å². The van der Waals surface area contributed by atoms with E-state index in [9.17, 15) is 4.79 Å². The van der Waals surface area contributed by atoms with Crippen LogP contribution in [0, 0.1) is 6.92 Å². The first-order valence-corrected chi connectivity index (χ1v) is 13.1. The molecule has 3 rings (SSSR count). The van der Waals surface area contributed by atoms with Gasteiger partial charge in [-0.15, -0.1) is 0 Å². The van der Waals surface area contributed by atoms with Crippen molar-refractivity contribution in [2.24, 2.45) is 5.16 Å². The van der Waals surface area contributed by atoms with Crippen LogP contribution in [0.2, 0.25) is 0 Å². The quantitative estimate of drug-likeness (QED) is 0.100. The second-order valence-electron chi connectivity index (χ2n) is 9.34. The lowest BCUT2D eigenvalue weighted by Crippen LogP contribution is -2.49. The van der Waals surface area contributed by atoms with Gasteiger partial charge in [0.1, 0.15) is 6.61 Å². The average Bonchev–Trinajstić information content (AvgIpc) is 2.87. The van der Waals surface area contributed by atoms with E-state index in [1.165, 1.54) is 25.7 Å². The summed E-state index contributed by atoms with van der Waals surface area (Å²) >= 11 is 0. The van der Waals surface area contributed by atoms with Gasteiger partial charge in [-0.3, -0.25) is 9.69 Å². The molecule has 2 aromatic carbocycles. The first kappa shape index (κ1) is 26.7. The summed E-state index contributed by atoms with van der Waals surface area (Å²) in [4.78, 5) is 23.3. The summed E-state index contributed by atoms with van der Waals surface area (Å²) in [5, 5.41) is 4.30. The number of allylic oxidation sites excluding steroid dienone is 1. The number of β-lactam (4-membered cyclic amide) rings is 1. The number of benzene rings is 2. The summed E-state index contributed by atoms with van der Waals surface area (Å²) in [6, 6.07) is 18.1. The molecule has 1 aliphatic heterocycles. The summed E-state index contributed by atoms with van der Waals surface area (Å²) in [6.45, 7) is 12.4.